The molecule has 4 nitrogen and oxygen atoms in total. The zero-order chi connectivity index (χ0) is 13.1. The van der Waals surface area contributed by atoms with Gasteiger partial charge in [-0.25, -0.2) is 0 Å². The molecule has 1 aliphatic carbocycles. The molecule has 5 heteroatoms. The summed E-state index contributed by atoms with van der Waals surface area (Å²) in [4.78, 5) is 0. The predicted octanol–water partition coefficient (Wildman–Crippen LogP) is 1.29. The quantitative estimate of drug-likeness (QED) is 0.713. The van der Waals surface area contributed by atoms with Crippen molar-refractivity contribution in [2.75, 3.05) is 0 Å². The SMILES string of the molecule is N#CC1=C(N)[Se]C(N)=C(C#N)C1C1CCCCC1. The number of nitrogens with zero attached hydrogens (tertiary/aromatic N) is 2. The summed E-state index contributed by atoms with van der Waals surface area (Å²) in [6.07, 6.45) is 5.71. The van der Waals surface area contributed by atoms with Crippen LogP contribution in [-0.4, -0.2) is 15.0 Å². The molecule has 0 amide bonds. The van der Waals surface area contributed by atoms with Crippen molar-refractivity contribution in [3.05, 3.63) is 20.3 Å². The molecule has 0 aromatic rings. The summed E-state index contributed by atoms with van der Waals surface area (Å²) in [5, 5.41) is 18.6. The topological polar surface area (TPSA) is 99.6 Å². The number of hydrogen-bond donors (Lipinski definition) is 2. The molecule has 0 bridgehead atoms. The van der Waals surface area contributed by atoms with Crippen molar-refractivity contribution in [1.82, 2.24) is 0 Å². The van der Waals surface area contributed by atoms with Crippen molar-refractivity contribution >= 4 is 15.0 Å². The Morgan fingerprint density at radius 2 is 1.44 bits per heavy atom. The van der Waals surface area contributed by atoms with Crippen LogP contribution in [0.2, 0.25) is 0 Å². The van der Waals surface area contributed by atoms with Crippen LogP contribution in [0.15, 0.2) is 20.3 Å². The van der Waals surface area contributed by atoms with Crippen LogP contribution in [0.5, 0.6) is 0 Å². The summed E-state index contributed by atoms with van der Waals surface area (Å²) < 4.78 is 1.22. The minimum atomic E-state index is -0.235. The van der Waals surface area contributed by atoms with Crippen molar-refractivity contribution in [3.63, 3.8) is 0 Å². The molecular formula is C13H16N4Se. The molecule has 0 radical (unpaired) electrons. The van der Waals surface area contributed by atoms with E-state index >= 15 is 0 Å². The van der Waals surface area contributed by atoms with Crippen LogP contribution in [0.1, 0.15) is 32.1 Å². The first-order valence-corrected chi connectivity index (χ1v) is 7.87. The van der Waals surface area contributed by atoms with Gasteiger partial charge in [-0.2, -0.15) is 0 Å². The third-order valence-corrected chi connectivity index (χ3v) is 5.58. The molecule has 4 N–H and O–H groups in total. The van der Waals surface area contributed by atoms with Gasteiger partial charge in [0.1, 0.15) is 0 Å². The fourth-order valence-corrected chi connectivity index (χ4v) is 4.55. The molecule has 0 saturated heterocycles. The normalized spacial score (nSPS) is 22.8. The van der Waals surface area contributed by atoms with Crippen molar-refractivity contribution < 1.29 is 0 Å². The van der Waals surface area contributed by atoms with Gasteiger partial charge in [0, 0.05) is 0 Å². The second-order valence-electron chi connectivity index (χ2n) is 4.76. The van der Waals surface area contributed by atoms with Gasteiger partial charge in [0.15, 0.2) is 0 Å². The van der Waals surface area contributed by atoms with Crippen LogP contribution in [0.3, 0.4) is 0 Å². The molecule has 1 fully saturated rings. The van der Waals surface area contributed by atoms with E-state index in [1.807, 2.05) is 0 Å². The van der Waals surface area contributed by atoms with Crippen LogP contribution in [0, 0.1) is 34.5 Å². The van der Waals surface area contributed by atoms with Gasteiger partial charge in [0.2, 0.25) is 0 Å². The van der Waals surface area contributed by atoms with Gasteiger partial charge in [-0.3, -0.25) is 0 Å². The first-order chi connectivity index (χ1) is 8.69. The van der Waals surface area contributed by atoms with E-state index in [2.05, 4.69) is 12.1 Å². The second-order valence-corrected chi connectivity index (χ2v) is 7.03. The van der Waals surface area contributed by atoms with Crippen LogP contribution in [0.4, 0.5) is 0 Å². The molecule has 1 heterocycles. The maximum atomic E-state index is 9.31. The summed E-state index contributed by atoms with van der Waals surface area (Å²) in [6.45, 7) is 0. The summed E-state index contributed by atoms with van der Waals surface area (Å²) >= 11 is -0.235. The predicted molar refractivity (Wildman–Crippen MR) is 69.5 cm³/mol. The van der Waals surface area contributed by atoms with E-state index in [0.29, 0.717) is 26.3 Å². The average molecular weight is 307 g/mol. The number of hydrogen-bond acceptors (Lipinski definition) is 4. The van der Waals surface area contributed by atoms with Gasteiger partial charge in [0.25, 0.3) is 0 Å². The Bertz CT molecular complexity index is 450. The standard InChI is InChI=1S/C13H16N4Se/c14-6-9-11(8-4-2-1-3-5-8)10(7-15)13(17)18-12(9)16/h8,11H,1-5,16-17H2. The van der Waals surface area contributed by atoms with E-state index in [-0.39, 0.29) is 20.9 Å². The van der Waals surface area contributed by atoms with Crippen LogP contribution < -0.4 is 11.5 Å². The fourth-order valence-electron chi connectivity index (χ4n) is 2.87. The van der Waals surface area contributed by atoms with Crippen LogP contribution >= 0.6 is 0 Å². The molecule has 0 aromatic carbocycles. The van der Waals surface area contributed by atoms with Crippen molar-refractivity contribution in [1.29, 1.82) is 10.5 Å². The van der Waals surface area contributed by atoms with E-state index in [1.165, 1.54) is 19.3 Å². The summed E-state index contributed by atoms with van der Waals surface area (Å²) in [5.74, 6) is 0.215. The minimum absolute atomic E-state index is 0.143. The van der Waals surface area contributed by atoms with Crippen LogP contribution in [0.25, 0.3) is 0 Å². The Kier molecular flexibility index (Phi) is 3.97. The molecule has 18 heavy (non-hydrogen) atoms. The Hall–Kier alpha value is -1.42. The third kappa shape index (κ3) is 2.25. The van der Waals surface area contributed by atoms with Gasteiger partial charge in [0.05, 0.1) is 0 Å². The van der Waals surface area contributed by atoms with E-state index in [0.717, 1.165) is 12.8 Å². The Morgan fingerprint density at radius 3 is 1.89 bits per heavy atom. The molecule has 1 saturated carbocycles. The van der Waals surface area contributed by atoms with Gasteiger partial charge in [-0.1, -0.05) is 0 Å². The fraction of sp³-hybridized carbons (Fsp3) is 0.538. The van der Waals surface area contributed by atoms with E-state index in [1.54, 1.807) is 0 Å². The summed E-state index contributed by atoms with van der Waals surface area (Å²) in [5.41, 5.74) is 13.1. The molecular weight excluding hydrogens is 291 g/mol. The Morgan fingerprint density at radius 1 is 0.944 bits per heavy atom. The van der Waals surface area contributed by atoms with E-state index in [4.69, 9.17) is 11.5 Å². The first-order valence-electron chi connectivity index (χ1n) is 6.16. The number of allylic oxidation sites excluding steroid dienone is 2. The molecule has 0 unspecified atom stereocenters. The zero-order valence-electron chi connectivity index (χ0n) is 10.1. The van der Waals surface area contributed by atoms with Gasteiger partial charge < -0.3 is 0 Å². The van der Waals surface area contributed by atoms with Crippen molar-refractivity contribution in [2.45, 2.75) is 32.1 Å². The van der Waals surface area contributed by atoms with E-state index in [9.17, 15) is 10.5 Å². The Labute approximate surface area is 113 Å². The average Bonchev–Trinajstić information content (AvgIpc) is 2.39. The van der Waals surface area contributed by atoms with Gasteiger partial charge in [-0.15, -0.1) is 0 Å². The number of rotatable bonds is 1. The number of nitriles is 2. The van der Waals surface area contributed by atoms with Crippen LogP contribution in [-0.2, 0) is 0 Å². The molecule has 0 aromatic heterocycles. The monoisotopic (exact) mass is 308 g/mol. The van der Waals surface area contributed by atoms with E-state index < -0.39 is 0 Å². The molecule has 94 valence electrons. The summed E-state index contributed by atoms with van der Waals surface area (Å²) in [6, 6.07) is 4.43. The van der Waals surface area contributed by atoms with Crippen molar-refractivity contribution in [2.24, 2.45) is 23.3 Å². The first kappa shape index (κ1) is 13.0. The molecule has 0 atom stereocenters. The molecule has 0 spiro atoms. The molecule has 2 rings (SSSR count). The zero-order valence-corrected chi connectivity index (χ0v) is 11.9. The second kappa shape index (κ2) is 5.48. The van der Waals surface area contributed by atoms with Gasteiger partial charge in [-0.05, 0) is 0 Å². The Balaban J connectivity index is 2.40. The maximum absolute atomic E-state index is 9.31. The third-order valence-electron chi connectivity index (χ3n) is 3.73. The molecule has 2 aliphatic rings. The summed E-state index contributed by atoms with van der Waals surface area (Å²) in [7, 11) is 0. The van der Waals surface area contributed by atoms with Crippen molar-refractivity contribution in [3.8, 4) is 12.1 Å². The molecule has 1 aliphatic heterocycles. The number of nitrogens with two attached hydrogens (primary N) is 2. The van der Waals surface area contributed by atoms with Gasteiger partial charge >= 0.3 is 113 Å².